The van der Waals surface area contributed by atoms with Crippen molar-refractivity contribution < 1.29 is 28.8 Å². The van der Waals surface area contributed by atoms with E-state index in [9.17, 15) is 4.79 Å². The minimum absolute atomic E-state index is 0.122. The first kappa shape index (κ1) is 15.8. The maximum atomic E-state index is 12.6. The predicted molar refractivity (Wildman–Crippen MR) is 78.9 cm³/mol. The van der Waals surface area contributed by atoms with Gasteiger partial charge in [-0.3, -0.25) is 0 Å². The van der Waals surface area contributed by atoms with E-state index in [2.05, 4.69) is 6.92 Å². The molecule has 4 saturated heterocycles. The van der Waals surface area contributed by atoms with Crippen LogP contribution >= 0.6 is 0 Å². The van der Waals surface area contributed by atoms with Crippen molar-refractivity contribution in [2.75, 3.05) is 6.61 Å². The summed E-state index contributed by atoms with van der Waals surface area (Å²) in [5.41, 5.74) is -1.76. The van der Waals surface area contributed by atoms with Crippen molar-refractivity contribution in [2.45, 2.75) is 76.7 Å². The van der Waals surface area contributed by atoms with Crippen LogP contribution in [0.4, 0.5) is 0 Å². The molecule has 1 saturated carbocycles. The Balaban J connectivity index is 1.79. The Bertz CT molecular complexity index is 523. The van der Waals surface area contributed by atoms with Crippen LogP contribution in [0.2, 0.25) is 0 Å². The normalized spacial score (nSPS) is 54.4. The van der Waals surface area contributed by atoms with Gasteiger partial charge in [-0.15, -0.1) is 0 Å². The summed E-state index contributed by atoms with van der Waals surface area (Å²) in [6, 6.07) is 0. The van der Waals surface area contributed by atoms with Gasteiger partial charge in [-0.2, -0.15) is 0 Å². The fourth-order valence-electron chi connectivity index (χ4n) is 5.18. The van der Waals surface area contributed by atoms with Gasteiger partial charge in [0.25, 0.3) is 0 Å². The standard InChI is InChI=1S/C17H26O6/c1-5-19-13(18)16(4)12-7-6-10(2)11-8-9-15(3)20-14(21-16)17(11,12)23-22-15/h10-12,14H,5-9H2,1-4H3/t10-,11+,12?,14-,15-,16+,17-/m1/s1. The topological polar surface area (TPSA) is 63.2 Å². The SMILES string of the molecule is CCOC(=O)[C@@]1(C)O[C@H]2O[C@@]3(C)CC[C@H]4[C@H](C)CCC1[C@@]24OO3. The number of hydrogen-bond acceptors (Lipinski definition) is 6. The lowest BCUT2D eigenvalue weighted by atomic mass is 9.60. The van der Waals surface area contributed by atoms with Crippen molar-refractivity contribution in [2.24, 2.45) is 17.8 Å². The molecule has 4 heterocycles. The molecule has 5 rings (SSSR count). The Morgan fingerprint density at radius 2 is 1.96 bits per heavy atom. The van der Waals surface area contributed by atoms with Crippen LogP contribution in [0.15, 0.2) is 0 Å². The van der Waals surface area contributed by atoms with E-state index in [1.165, 1.54) is 0 Å². The zero-order valence-electron chi connectivity index (χ0n) is 14.3. The lowest BCUT2D eigenvalue weighted by molar-refractivity contribution is -0.541. The number of ether oxygens (including phenoxy) is 3. The summed E-state index contributed by atoms with van der Waals surface area (Å²) in [7, 11) is 0. The highest BCUT2D eigenvalue weighted by Gasteiger charge is 2.75. The molecule has 0 aromatic carbocycles. The lowest BCUT2D eigenvalue weighted by Crippen LogP contribution is -2.62. The molecule has 7 atom stereocenters. The van der Waals surface area contributed by atoms with Gasteiger partial charge in [-0.1, -0.05) is 6.92 Å². The summed E-state index contributed by atoms with van der Waals surface area (Å²) >= 11 is 0. The predicted octanol–water partition coefficient (Wildman–Crippen LogP) is 2.55. The van der Waals surface area contributed by atoms with Gasteiger partial charge in [-0.25, -0.2) is 14.6 Å². The fourth-order valence-corrected chi connectivity index (χ4v) is 5.18. The van der Waals surface area contributed by atoms with Crippen LogP contribution in [0, 0.1) is 17.8 Å². The molecule has 4 aliphatic heterocycles. The smallest absolute Gasteiger partial charge is 0.338 e. The molecule has 0 radical (unpaired) electrons. The van der Waals surface area contributed by atoms with Gasteiger partial charge in [-0.05, 0) is 51.9 Å². The Morgan fingerprint density at radius 1 is 1.17 bits per heavy atom. The highest BCUT2D eigenvalue weighted by Crippen LogP contribution is 2.63. The minimum atomic E-state index is -1.05. The number of fused-ring (bicyclic) bond motifs is 2. The minimum Gasteiger partial charge on any atom is -0.464 e. The Hall–Kier alpha value is -0.690. The first-order chi connectivity index (χ1) is 10.9. The molecule has 6 nitrogen and oxygen atoms in total. The molecule has 6 heteroatoms. The van der Waals surface area contributed by atoms with E-state index in [-0.39, 0.29) is 17.8 Å². The number of hydrogen-bond donors (Lipinski definition) is 0. The average Bonchev–Trinajstić information content (AvgIpc) is 2.60. The largest absolute Gasteiger partial charge is 0.464 e. The second kappa shape index (κ2) is 4.91. The van der Waals surface area contributed by atoms with Crippen LogP contribution in [0.1, 0.15) is 53.4 Å². The molecule has 0 N–H and O–H groups in total. The monoisotopic (exact) mass is 326 g/mol. The zero-order valence-corrected chi connectivity index (χ0v) is 14.3. The number of esters is 1. The third-order valence-corrected chi connectivity index (χ3v) is 6.42. The van der Waals surface area contributed by atoms with Crippen molar-refractivity contribution >= 4 is 5.97 Å². The van der Waals surface area contributed by atoms with Crippen LogP contribution in [-0.4, -0.2) is 35.9 Å². The Morgan fingerprint density at radius 3 is 2.70 bits per heavy atom. The molecular weight excluding hydrogens is 300 g/mol. The van der Waals surface area contributed by atoms with Crippen LogP contribution in [0.5, 0.6) is 0 Å². The van der Waals surface area contributed by atoms with Crippen molar-refractivity contribution in [3.8, 4) is 0 Å². The molecule has 23 heavy (non-hydrogen) atoms. The highest BCUT2D eigenvalue weighted by molar-refractivity contribution is 5.80. The highest BCUT2D eigenvalue weighted by atomic mass is 17.3. The molecule has 2 bridgehead atoms. The molecule has 1 aliphatic carbocycles. The first-order valence-electron chi connectivity index (χ1n) is 8.75. The summed E-state index contributed by atoms with van der Waals surface area (Å²) in [5, 5.41) is 0. The quantitative estimate of drug-likeness (QED) is 0.574. The average molecular weight is 326 g/mol. The van der Waals surface area contributed by atoms with Gasteiger partial charge >= 0.3 is 5.97 Å². The molecule has 0 aromatic heterocycles. The Labute approximate surface area is 136 Å². The van der Waals surface area contributed by atoms with Gasteiger partial charge in [0.1, 0.15) is 0 Å². The molecule has 5 fully saturated rings. The van der Waals surface area contributed by atoms with E-state index in [4.69, 9.17) is 24.0 Å². The Kier molecular flexibility index (Phi) is 3.38. The molecule has 0 amide bonds. The zero-order chi connectivity index (χ0) is 16.5. The third kappa shape index (κ3) is 1.92. The number of carbonyl (C=O) groups excluding carboxylic acids is 1. The van der Waals surface area contributed by atoms with Crippen molar-refractivity contribution in [1.29, 1.82) is 0 Å². The number of carbonyl (C=O) groups is 1. The fraction of sp³-hybridized carbons (Fsp3) is 0.941. The van der Waals surface area contributed by atoms with Gasteiger partial charge in [0.05, 0.1) is 6.61 Å². The molecule has 1 unspecified atom stereocenters. The van der Waals surface area contributed by atoms with E-state index in [1.807, 2.05) is 13.8 Å². The van der Waals surface area contributed by atoms with Gasteiger partial charge in [0, 0.05) is 12.3 Å². The third-order valence-electron chi connectivity index (χ3n) is 6.42. The van der Waals surface area contributed by atoms with Gasteiger partial charge in [0.15, 0.2) is 17.5 Å². The maximum absolute atomic E-state index is 12.6. The molecule has 0 aromatic rings. The maximum Gasteiger partial charge on any atom is 0.338 e. The van der Waals surface area contributed by atoms with Crippen molar-refractivity contribution in [3.63, 3.8) is 0 Å². The summed E-state index contributed by atoms with van der Waals surface area (Å²) in [5.74, 6) is -0.525. The van der Waals surface area contributed by atoms with Gasteiger partial charge in [0.2, 0.25) is 5.79 Å². The first-order valence-corrected chi connectivity index (χ1v) is 8.75. The summed E-state index contributed by atoms with van der Waals surface area (Å²) in [4.78, 5) is 24.3. The second-order valence-corrected chi connectivity index (χ2v) is 7.80. The summed E-state index contributed by atoms with van der Waals surface area (Å²) in [6.07, 6.45) is 3.02. The molecular formula is C17H26O6. The van der Waals surface area contributed by atoms with E-state index in [0.717, 1.165) is 25.7 Å². The number of rotatable bonds is 2. The second-order valence-electron chi connectivity index (χ2n) is 7.80. The van der Waals surface area contributed by atoms with E-state index < -0.39 is 23.3 Å². The summed E-state index contributed by atoms with van der Waals surface area (Å²) in [6.45, 7) is 8.07. The molecule has 1 spiro atoms. The van der Waals surface area contributed by atoms with Crippen LogP contribution in [0.25, 0.3) is 0 Å². The van der Waals surface area contributed by atoms with Crippen LogP contribution in [-0.2, 0) is 28.8 Å². The van der Waals surface area contributed by atoms with Crippen LogP contribution in [0.3, 0.4) is 0 Å². The molecule has 130 valence electrons. The van der Waals surface area contributed by atoms with E-state index in [0.29, 0.717) is 12.5 Å². The van der Waals surface area contributed by atoms with E-state index in [1.54, 1.807) is 6.92 Å². The lowest BCUT2D eigenvalue weighted by Gasteiger charge is -2.50. The van der Waals surface area contributed by atoms with E-state index >= 15 is 0 Å². The molecule has 5 aliphatic rings. The van der Waals surface area contributed by atoms with Crippen molar-refractivity contribution in [1.82, 2.24) is 0 Å². The van der Waals surface area contributed by atoms with Crippen molar-refractivity contribution in [3.05, 3.63) is 0 Å². The summed E-state index contributed by atoms with van der Waals surface area (Å²) < 4.78 is 17.6. The van der Waals surface area contributed by atoms with Crippen LogP contribution < -0.4 is 0 Å². The van der Waals surface area contributed by atoms with Gasteiger partial charge < -0.3 is 14.2 Å².